The van der Waals surface area contributed by atoms with E-state index < -0.39 is 22.2 Å². The lowest BCUT2D eigenvalue weighted by atomic mass is 10.2. The predicted octanol–water partition coefficient (Wildman–Crippen LogP) is -0.586. The molecule has 0 amide bonds. The fourth-order valence-corrected chi connectivity index (χ4v) is 0.826. The lowest BCUT2D eigenvalue weighted by Gasteiger charge is -1.96. The number of aliphatic hydroxyl groups is 4. The van der Waals surface area contributed by atoms with Gasteiger partial charge >= 0.3 is 0 Å². The smallest absolute Gasteiger partial charge is 0.269 e. The molecule has 0 aliphatic heterocycles. The molecule has 8 nitrogen and oxygen atoms in total. The molecule has 0 aliphatic rings. The third kappa shape index (κ3) is 15.0. The summed E-state index contributed by atoms with van der Waals surface area (Å²) in [6.07, 6.45) is 2.32. The van der Waals surface area contributed by atoms with Crippen molar-refractivity contribution >= 4 is 16.9 Å². The summed E-state index contributed by atoms with van der Waals surface area (Å²) in [6.45, 7) is -0.894. The lowest BCUT2D eigenvalue weighted by Crippen LogP contribution is -2.15. The second-order valence-corrected chi connectivity index (χ2v) is 5.33. The number of benzene rings is 1. The topological polar surface area (TPSA) is 147 Å². The molecular formula is C12H21NO7S. The van der Waals surface area contributed by atoms with Crippen molar-refractivity contribution in [1.82, 2.24) is 0 Å². The molecule has 1 rings (SSSR count). The van der Waals surface area contributed by atoms with Gasteiger partial charge in [0.15, 0.2) is 0 Å². The first kappa shape index (κ1) is 22.1. The molecule has 0 atom stereocenters. The van der Waals surface area contributed by atoms with E-state index in [0.29, 0.717) is 5.56 Å². The first-order chi connectivity index (χ1) is 9.78. The minimum Gasteiger partial charge on any atom is -0.617 e. The molecule has 0 aliphatic carbocycles. The number of rotatable bonds is 4. The third-order valence-corrected chi connectivity index (χ3v) is 1.73. The molecule has 122 valence electrons. The number of nitro groups is 1. The highest BCUT2D eigenvalue weighted by atomic mass is 32.2. The summed E-state index contributed by atoms with van der Waals surface area (Å²) < 4.78 is 9.56. The molecule has 4 N–H and O–H groups in total. The Hall–Kier alpha value is -1.23. The van der Waals surface area contributed by atoms with E-state index in [1.165, 1.54) is 12.1 Å². The van der Waals surface area contributed by atoms with E-state index in [4.69, 9.17) is 20.4 Å². The van der Waals surface area contributed by atoms with Crippen LogP contribution in [0.3, 0.4) is 0 Å². The van der Waals surface area contributed by atoms with E-state index in [1.807, 2.05) is 0 Å². The van der Waals surface area contributed by atoms with Crippen LogP contribution in [0.2, 0.25) is 0 Å². The van der Waals surface area contributed by atoms with Gasteiger partial charge in [-0.05, 0) is 5.56 Å². The summed E-state index contributed by atoms with van der Waals surface area (Å²) in [5.74, 6) is 0. The van der Waals surface area contributed by atoms with Crippen LogP contribution in [0.25, 0.3) is 0 Å². The van der Waals surface area contributed by atoms with Gasteiger partial charge in [0, 0.05) is 12.1 Å². The summed E-state index contributed by atoms with van der Waals surface area (Å²) in [6, 6.07) is 5.91. The number of nitro benzene ring substituents is 1. The monoisotopic (exact) mass is 323 g/mol. The number of non-ortho nitro benzene ring substituents is 1. The zero-order valence-corrected chi connectivity index (χ0v) is 12.7. The highest BCUT2D eigenvalue weighted by Gasteiger charge is 2.03. The second-order valence-electron chi connectivity index (χ2n) is 3.85. The Morgan fingerprint density at radius 3 is 2.00 bits per heavy atom. The van der Waals surface area contributed by atoms with Crippen molar-refractivity contribution in [2.45, 2.75) is 12.7 Å². The van der Waals surface area contributed by atoms with Crippen LogP contribution in [0.4, 0.5) is 5.69 Å². The highest BCUT2D eigenvalue weighted by Crippen LogP contribution is 2.12. The van der Waals surface area contributed by atoms with Gasteiger partial charge in [-0.2, -0.15) is 0 Å². The summed E-state index contributed by atoms with van der Waals surface area (Å²) in [4.78, 5) is 9.71. The molecule has 0 heterocycles. The van der Waals surface area contributed by atoms with Crippen molar-refractivity contribution in [2.24, 2.45) is 0 Å². The van der Waals surface area contributed by atoms with Gasteiger partial charge in [0.25, 0.3) is 5.69 Å². The number of aliphatic hydroxyl groups excluding tert-OH is 4. The molecule has 9 heteroatoms. The van der Waals surface area contributed by atoms with Crippen LogP contribution in [0.5, 0.6) is 0 Å². The average Bonchev–Trinajstić information content (AvgIpc) is 2.46. The predicted molar refractivity (Wildman–Crippen MR) is 79.2 cm³/mol. The minimum absolute atomic E-state index is 0.0107. The van der Waals surface area contributed by atoms with Gasteiger partial charge in [0.1, 0.15) is 6.10 Å². The average molecular weight is 323 g/mol. The normalized spacial score (nSPS) is 9.57. The Morgan fingerprint density at radius 2 is 1.71 bits per heavy atom. The lowest BCUT2D eigenvalue weighted by molar-refractivity contribution is -0.384. The van der Waals surface area contributed by atoms with Crippen LogP contribution in [0.1, 0.15) is 5.56 Å². The number of hydrogen-bond donors (Lipinski definition) is 4. The van der Waals surface area contributed by atoms with Gasteiger partial charge in [0.2, 0.25) is 0 Å². The van der Waals surface area contributed by atoms with Crippen LogP contribution < -0.4 is 0 Å². The third-order valence-electron chi connectivity index (χ3n) is 1.73. The van der Waals surface area contributed by atoms with Crippen molar-refractivity contribution < 1.29 is 29.9 Å². The fourth-order valence-electron chi connectivity index (χ4n) is 0.826. The number of hydrogen-bond acceptors (Lipinski definition) is 7. The maximum atomic E-state index is 10.2. The van der Waals surface area contributed by atoms with E-state index in [2.05, 4.69) is 0 Å². The van der Waals surface area contributed by atoms with Crippen LogP contribution in [0, 0.1) is 10.1 Å². The van der Waals surface area contributed by atoms with Crippen LogP contribution in [-0.4, -0.2) is 61.7 Å². The quantitative estimate of drug-likeness (QED) is 0.329. The molecule has 1 aromatic rings. The molecule has 0 spiro atoms. The Kier molecular flexibility index (Phi) is 14.4. The van der Waals surface area contributed by atoms with Gasteiger partial charge in [-0.3, -0.25) is 10.1 Å². The molecule has 0 bridgehead atoms. The van der Waals surface area contributed by atoms with Gasteiger partial charge in [-0.15, -0.1) is 0 Å². The molecular weight excluding hydrogens is 302 g/mol. The second kappa shape index (κ2) is 13.7. The van der Waals surface area contributed by atoms with E-state index in [0.717, 1.165) is 0 Å². The highest BCUT2D eigenvalue weighted by molar-refractivity contribution is 7.89. The summed E-state index contributed by atoms with van der Waals surface area (Å²) in [7, 11) is 0. The zero-order valence-electron chi connectivity index (χ0n) is 11.9. The Labute approximate surface area is 126 Å². The summed E-state index contributed by atoms with van der Waals surface area (Å²) >= 11 is -0.611. The van der Waals surface area contributed by atoms with Crippen molar-refractivity contribution in [2.75, 3.05) is 25.7 Å². The van der Waals surface area contributed by atoms with E-state index >= 15 is 0 Å². The molecule has 21 heavy (non-hydrogen) atoms. The van der Waals surface area contributed by atoms with Gasteiger partial charge in [-0.1, -0.05) is 23.3 Å². The van der Waals surface area contributed by atoms with Crippen molar-refractivity contribution in [1.29, 1.82) is 0 Å². The Morgan fingerprint density at radius 1 is 1.24 bits per heavy atom. The zero-order chi connectivity index (χ0) is 16.8. The summed E-state index contributed by atoms with van der Waals surface area (Å²) in [5.41, 5.74) is 0.566. The maximum Gasteiger partial charge on any atom is 0.269 e. The van der Waals surface area contributed by atoms with Crippen molar-refractivity contribution in [3.05, 3.63) is 39.9 Å². The van der Waals surface area contributed by atoms with Crippen molar-refractivity contribution in [3.63, 3.8) is 0 Å². The largest absolute Gasteiger partial charge is 0.617 e. The Bertz CT molecular complexity index is 383. The van der Waals surface area contributed by atoms with Crippen molar-refractivity contribution in [3.8, 4) is 0 Å². The van der Waals surface area contributed by atoms with Crippen LogP contribution in [-0.2, 0) is 17.8 Å². The minimum atomic E-state index is -0.954. The van der Waals surface area contributed by atoms with Gasteiger partial charge in [-0.25, -0.2) is 0 Å². The molecule has 1 aromatic carbocycles. The fraction of sp³-hybridized carbons (Fsp3) is 0.500. The summed E-state index contributed by atoms with van der Waals surface area (Å²) in [5, 5.41) is 42.8. The molecule has 0 aromatic heterocycles. The molecule has 0 unspecified atom stereocenters. The van der Waals surface area contributed by atoms with E-state index in [1.54, 1.807) is 24.6 Å². The maximum absolute atomic E-state index is 10.2. The Balaban J connectivity index is 0. The van der Waals surface area contributed by atoms with Crippen LogP contribution in [0.15, 0.2) is 24.3 Å². The van der Waals surface area contributed by atoms with Crippen LogP contribution >= 0.6 is 0 Å². The molecule has 0 radical (unpaired) electrons. The molecule has 0 fully saturated rings. The molecule has 0 saturated carbocycles. The van der Waals surface area contributed by atoms with E-state index in [-0.39, 0.29) is 25.5 Å². The van der Waals surface area contributed by atoms with Gasteiger partial charge in [0.05, 0.1) is 37.3 Å². The van der Waals surface area contributed by atoms with E-state index in [9.17, 15) is 14.7 Å². The first-order valence-electron chi connectivity index (χ1n) is 5.77. The molecule has 0 saturated heterocycles. The first-order valence-corrected chi connectivity index (χ1v) is 7.74. The standard InChI is InChI=1S/C7H7NO3.C3H8O3.C2H6OS/c9-5-6-2-1-3-7(4-6)8(10)11;4-1-3(6)2-5;1-4(2)3/h1-4,9H,5H2;3-6H,1-2H2;1-2H3. The SMILES string of the molecule is C[S+](C)[O-].O=[N+]([O-])c1cccc(CO)c1.OCC(O)CO. The van der Waals surface area contributed by atoms with Gasteiger partial charge < -0.3 is 25.0 Å². The number of nitrogens with zero attached hydrogens (tertiary/aromatic N) is 1.